The molecule has 0 bridgehead atoms. The van der Waals surface area contributed by atoms with Gasteiger partial charge < -0.3 is 9.73 Å². The molecule has 0 atom stereocenters. The molecule has 1 aliphatic rings. The van der Waals surface area contributed by atoms with E-state index < -0.39 is 0 Å². The number of hydrogen-bond donors (Lipinski definition) is 1. The van der Waals surface area contributed by atoms with Crippen LogP contribution in [0.2, 0.25) is 5.02 Å². The van der Waals surface area contributed by atoms with E-state index in [2.05, 4.69) is 17.5 Å². The molecule has 1 amide bonds. The van der Waals surface area contributed by atoms with Crippen LogP contribution in [-0.2, 0) is 0 Å². The Hall–Kier alpha value is -2.52. The van der Waals surface area contributed by atoms with Crippen molar-refractivity contribution in [3.05, 3.63) is 70.5 Å². The van der Waals surface area contributed by atoms with E-state index in [1.807, 2.05) is 43.3 Å². The van der Waals surface area contributed by atoms with Crippen LogP contribution in [0, 0.1) is 6.92 Å². The van der Waals surface area contributed by atoms with Crippen molar-refractivity contribution in [2.24, 2.45) is 0 Å². The van der Waals surface area contributed by atoms with Gasteiger partial charge in [0.15, 0.2) is 5.76 Å². The van der Waals surface area contributed by atoms with E-state index >= 15 is 0 Å². The topological polar surface area (TPSA) is 42.2 Å². The molecule has 28 heavy (non-hydrogen) atoms. The number of allylic oxidation sites excluding steroid dienone is 1. The van der Waals surface area contributed by atoms with Gasteiger partial charge in [0.25, 0.3) is 5.91 Å². The van der Waals surface area contributed by atoms with Gasteiger partial charge >= 0.3 is 0 Å². The Morgan fingerprint density at radius 1 is 1.11 bits per heavy atom. The van der Waals surface area contributed by atoms with Crippen LogP contribution in [0.15, 0.2) is 58.5 Å². The van der Waals surface area contributed by atoms with Gasteiger partial charge in [-0.3, -0.25) is 4.79 Å². The third kappa shape index (κ3) is 4.00. The molecule has 4 rings (SSSR count). The lowest BCUT2D eigenvalue weighted by Gasteiger charge is -2.12. The van der Waals surface area contributed by atoms with Crippen molar-refractivity contribution in [2.45, 2.75) is 39.0 Å². The van der Waals surface area contributed by atoms with Crippen molar-refractivity contribution >= 4 is 28.3 Å². The van der Waals surface area contributed by atoms with E-state index in [0.717, 1.165) is 41.2 Å². The normalized spacial score (nSPS) is 14.1. The van der Waals surface area contributed by atoms with E-state index in [0.29, 0.717) is 23.1 Å². The van der Waals surface area contributed by atoms with E-state index in [9.17, 15) is 4.79 Å². The molecule has 3 nitrogen and oxygen atoms in total. The van der Waals surface area contributed by atoms with Gasteiger partial charge in [0.05, 0.1) is 0 Å². The highest BCUT2D eigenvalue weighted by atomic mass is 35.5. The summed E-state index contributed by atoms with van der Waals surface area (Å²) in [5.74, 6) is 0.915. The van der Waals surface area contributed by atoms with Crippen molar-refractivity contribution in [2.75, 3.05) is 6.54 Å². The maximum absolute atomic E-state index is 12.8. The van der Waals surface area contributed by atoms with Gasteiger partial charge in [-0.05, 0) is 69.4 Å². The molecule has 0 spiro atoms. The molecule has 0 aliphatic heterocycles. The van der Waals surface area contributed by atoms with E-state index in [-0.39, 0.29) is 5.91 Å². The summed E-state index contributed by atoms with van der Waals surface area (Å²) in [5, 5.41) is 5.49. The van der Waals surface area contributed by atoms with Crippen LogP contribution in [0.25, 0.3) is 22.1 Å². The second-order valence-corrected chi connectivity index (χ2v) is 7.87. The van der Waals surface area contributed by atoms with E-state index in [1.165, 1.54) is 18.4 Å². The Morgan fingerprint density at radius 3 is 2.68 bits per heavy atom. The quantitative estimate of drug-likeness (QED) is 0.491. The maximum Gasteiger partial charge on any atom is 0.287 e. The summed E-state index contributed by atoms with van der Waals surface area (Å²) in [6.07, 6.45) is 8.08. The molecule has 0 unspecified atom stereocenters. The number of carbonyl (C=O) groups excluding carboxylic acids is 1. The second kappa shape index (κ2) is 8.24. The minimum absolute atomic E-state index is 0.162. The lowest BCUT2D eigenvalue weighted by molar-refractivity contribution is 0.0929. The smallest absolute Gasteiger partial charge is 0.287 e. The number of amides is 1. The minimum Gasteiger partial charge on any atom is -0.450 e. The van der Waals surface area contributed by atoms with Crippen LogP contribution in [-0.4, -0.2) is 12.5 Å². The lowest BCUT2D eigenvalue weighted by Crippen LogP contribution is -2.24. The van der Waals surface area contributed by atoms with Crippen molar-refractivity contribution in [3.8, 4) is 11.3 Å². The van der Waals surface area contributed by atoms with Crippen LogP contribution in [0.1, 0.15) is 48.2 Å². The number of fused-ring (bicyclic) bond motifs is 1. The van der Waals surface area contributed by atoms with Crippen LogP contribution in [0.4, 0.5) is 0 Å². The molecular formula is C24H24ClNO2. The van der Waals surface area contributed by atoms with Gasteiger partial charge in [0.1, 0.15) is 5.76 Å². The van der Waals surface area contributed by atoms with Crippen molar-refractivity contribution < 1.29 is 9.21 Å². The number of hydrogen-bond acceptors (Lipinski definition) is 2. The molecule has 2 aromatic carbocycles. The molecule has 1 aromatic heterocycles. The molecule has 1 heterocycles. The molecule has 0 fully saturated rings. The monoisotopic (exact) mass is 393 g/mol. The fourth-order valence-electron chi connectivity index (χ4n) is 3.79. The van der Waals surface area contributed by atoms with E-state index in [4.69, 9.17) is 16.0 Å². The van der Waals surface area contributed by atoms with Gasteiger partial charge in [-0.1, -0.05) is 40.9 Å². The van der Waals surface area contributed by atoms with Crippen LogP contribution >= 0.6 is 11.6 Å². The maximum atomic E-state index is 12.8. The minimum atomic E-state index is -0.162. The number of aryl methyl sites for hydroxylation is 1. The highest BCUT2D eigenvalue weighted by Crippen LogP contribution is 2.35. The molecule has 0 saturated carbocycles. The summed E-state index contributed by atoms with van der Waals surface area (Å²) in [5.41, 5.74) is 3.49. The summed E-state index contributed by atoms with van der Waals surface area (Å²) in [7, 11) is 0. The third-order valence-corrected chi connectivity index (χ3v) is 5.55. The predicted octanol–water partition coefficient (Wildman–Crippen LogP) is 6.68. The van der Waals surface area contributed by atoms with Gasteiger partial charge in [-0.15, -0.1) is 0 Å². The fourth-order valence-corrected chi connectivity index (χ4v) is 3.91. The first-order chi connectivity index (χ1) is 13.6. The summed E-state index contributed by atoms with van der Waals surface area (Å²) in [6, 6.07) is 13.5. The van der Waals surface area contributed by atoms with Crippen LogP contribution in [0.3, 0.4) is 0 Å². The first-order valence-electron chi connectivity index (χ1n) is 9.87. The fraction of sp³-hybridized carbons (Fsp3) is 0.292. The number of carbonyl (C=O) groups is 1. The Kier molecular flexibility index (Phi) is 5.54. The van der Waals surface area contributed by atoms with E-state index in [1.54, 1.807) is 0 Å². The standard InChI is InChI=1S/C24H24ClNO2/c1-16-7-12-20-21(15-16)22(18-8-10-19(25)11-9-18)28-23(20)24(27)26-14-13-17-5-3-2-4-6-17/h5,7-12,15H,2-4,6,13-14H2,1H3,(H,26,27). The van der Waals surface area contributed by atoms with Crippen LogP contribution in [0.5, 0.6) is 0 Å². The molecule has 0 saturated heterocycles. The third-order valence-electron chi connectivity index (χ3n) is 5.30. The zero-order valence-corrected chi connectivity index (χ0v) is 16.8. The summed E-state index contributed by atoms with van der Waals surface area (Å²) < 4.78 is 6.08. The number of benzene rings is 2. The Bertz CT molecular complexity index is 1030. The molecule has 1 N–H and O–H groups in total. The highest BCUT2D eigenvalue weighted by molar-refractivity contribution is 6.30. The Morgan fingerprint density at radius 2 is 1.93 bits per heavy atom. The molecule has 1 aliphatic carbocycles. The number of nitrogens with one attached hydrogen (secondary N) is 1. The largest absolute Gasteiger partial charge is 0.450 e. The number of halogens is 1. The average molecular weight is 394 g/mol. The predicted molar refractivity (Wildman–Crippen MR) is 115 cm³/mol. The summed E-state index contributed by atoms with van der Waals surface area (Å²) in [4.78, 5) is 12.8. The summed E-state index contributed by atoms with van der Waals surface area (Å²) >= 11 is 6.02. The van der Waals surface area contributed by atoms with Crippen molar-refractivity contribution in [1.82, 2.24) is 5.32 Å². The first kappa shape index (κ1) is 18.8. The zero-order chi connectivity index (χ0) is 19.5. The molecular weight excluding hydrogens is 370 g/mol. The molecule has 3 aromatic rings. The second-order valence-electron chi connectivity index (χ2n) is 7.43. The zero-order valence-electron chi connectivity index (χ0n) is 16.1. The molecule has 0 radical (unpaired) electrons. The van der Waals surface area contributed by atoms with Crippen LogP contribution < -0.4 is 5.32 Å². The average Bonchev–Trinajstić information content (AvgIpc) is 3.08. The molecule has 4 heteroatoms. The SMILES string of the molecule is Cc1ccc2c(C(=O)NCCC3=CCCCC3)oc(-c3ccc(Cl)cc3)c2c1. The van der Waals surface area contributed by atoms with Gasteiger partial charge in [-0.25, -0.2) is 0 Å². The van der Waals surface area contributed by atoms with Gasteiger partial charge in [0, 0.05) is 27.9 Å². The Labute approximate surface area is 170 Å². The molecule has 144 valence electrons. The van der Waals surface area contributed by atoms with Crippen molar-refractivity contribution in [3.63, 3.8) is 0 Å². The van der Waals surface area contributed by atoms with Crippen molar-refractivity contribution in [1.29, 1.82) is 0 Å². The van der Waals surface area contributed by atoms with Gasteiger partial charge in [0.2, 0.25) is 0 Å². The number of furan rings is 1. The van der Waals surface area contributed by atoms with Gasteiger partial charge in [-0.2, -0.15) is 0 Å². The first-order valence-corrected chi connectivity index (χ1v) is 10.2. The lowest BCUT2D eigenvalue weighted by atomic mass is 9.97. The number of rotatable bonds is 5. The highest BCUT2D eigenvalue weighted by Gasteiger charge is 2.20. The summed E-state index contributed by atoms with van der Waals surface area (Å²) in [6.45, 7) is 2.67. The Balaban J connectivity index is 1.60.